The molecule has 0 aromatic heterocycles. The van der Waals surface area contributed by atoms with Crippen molar-refractivity contribution in [2.75, 3.05) is 19.7 Å². The number of amides is 2. The highest BCUT2D eigenvalue weighted by atomic mass is 16.5. The van der Waals surface area contributed by atoms with E-state index in [2.05, 4.69) is 16.0 Å². The molecule has 4 aromatic rings. The van der Waals surface area contributed by atoms with Crippen LogP contribution in [0.2, 0.25) is 0 Å². The third-order valence-electron chi connectivity index (χ3n) is 7.86. The molecular formula is C38H45N3O6. The minimum absolute atomic E-state index is 0.00150. The summed E-state index contributed by atoms with van der Waals surface area (Å²) in [7, 11) is 0. The van der Waals surface area contributed by atoms with Crippen LogP contribution in [0.4, 0.5) is 0 Å². The van der Waals surface area contributed by atoms with Gasteiger partial charge in [0, 0.05) is 36.8 Å². The number of aliphatic hydroxyl groups is 2. The van der Waals surface area contributed by atoms with E-state index in [9.17, 15) is 24.9 Å². The van der Waals surface area contributed by atoms with Crippen LogP contribution in [0.5, 0.6) is 11.5 Å². The first-order valence-electron chi connectivity index (χ1n) is 16.0. The second-order valence-electron chi connectivity index (χ2n) is 11.6. The SMILES string of the molecule is CCOc1ccc(CCNC(=O)c2ccc(CNC(=O)Cc3cccc(CC(C)NC[C@H](O)c4ccc(O)c(CO)c4)c3)cc2)cc1. The molecule has 0 aliphatic carbocycles. The topological polar surface area (TPSA) is 140 Å². The zero-order chi connectivity index (χ0) is 33.6. The average Bonchev–Trinajstić information content (AvgIpc) is 3.07. The Kier molecular flexibility index (Phi) is 13.4. The molecule has 248 valence electrons. The molecule has 1 unspecified atom stereocenters. The van der Waals surface area contributed by atoms with Gasteiger partial charge in [0.1, 0.15) is 11.5 Å². The van der Waals surface area contributed by atoms with Gasteiger partial charge < -0.3 is 36.0 Å². The van der Waals surface area contributed by atoms with E-state index in [1.165, 1.54) is 6.07 Å². The predicted octanol–water partition coefficient (Wildman–Crippen LogP) is 4.37. The number of phenols is 1. The largest absolute Gasteiger partial charge is 0.508 e. The highest BCUT2D eigenvalue weighted by Crippen LogP contribution is 2.22. The van der Waals surface area contributed by atoms with Crippen LogP contribution in [0.3, 0.4) is 0 Å². The zero-order valence-electron chi connectivity index (χ0n) is 27.0. The fourth-order valence-electron chi connectivity index (χ4n) is 5.23. The molecule has 0 aliphatic heterocycles. The summed E-state index contributed by atoms with van der Waals surface area (Å²) in [5, 5.41) is 38.9. The molecule has 0 bridgehead atoms. The smallest absolute Gasteiger partial charge is 0.251 e. The Labute approximate surface area is 276 Å². The quantitative estimate of drug-likeness (QED) is 0.101. The van der Waals surface area contributed by atoms with Crippen LogP contribution in [0, 0.1) is 0 Å². The summed E-state index contributed by atoms with van der Waals surface area (Å²) in [5.74, 6) is 0.605. The molecule has 0 radical (unpaired) electrons. The molecule has 0 saturated carbocycles. The van der Waals surface area contributed by atoms with Crippen molar-refractivity contribution in [2.45, 2.75) is 58.4 Å². The van der Waals surface area contributed by atoms with E-state index in [0.29, 0.717) is 49.4 Å². The van der Waals surface area contributed by atoms with Gasteiger partial charge in [0.2, 0.25) is 5.91 Å². The summed E-state index contributed by atoms with van der Waals surface area (Å²) in [5.41, 5.74) is 5.57. The van der Waals surface area contributed by atoms with Crippen molar-refractivity contribution in [3.8, 4) is 11.5 Å². The van der Waals surface area contributed by atoms with Crippen molar-refractivity contribution in [2.24, 2.45) is 0 Å². The summed E-state index contributed by atoms with van der Waals surface area (Å²) in [6, 6.07) is 27.8. The standard InChI is InChI=1S/C38H45N3O6/c1-3-47-34-14-9-27(10-15-34)17-18-39-38(46)31-11-7-28(8-12-31)23-41-37(45)21-30-6-4-5-29(20-30)19-26(2)40-24-36(44)32-13-16-35(43)33(22-32)25-42/h4-16,20,22,26,36,40,42-44H,3,17-19,21,23-25H2,1-2H3,(H,39,46)(H,41,45)/t26?,36-/m0/s1. The number of aromatic hydroxyl groups is 1. The van der Waals surface area contributed by atoms with Crippen molar-refractivity contribution in [1.82, 2.24) is 16.0 Å². The van der Waals surface area contributed by atoms with E-state index in [4.69, 9.17) is 4.74 Å². The summed E-state index contributed by atoms with van der Waals surface area (Å²) < 4.78 is 5.46. The molecule has 0 heterocycles. The van der Waals surface area contributed by atoms with Crippen molar-refractivity contribution < 1.29 is 29.6 Å². The van der Waals surface area contributed by atoms with Crippen LogP contribution in [0.1, 0.15) is 63.7 Å². The molecule has 0 saturated heterocycles. The van der Waals surface area contributed by atoms with E-state index >= 15 is 0 Å². The Balaban J connectivity index is 1.17. The Morgan fingerprint density at radius 2 is 1.57 bits per heavy atom. The number of carbonyl (C=O) groups excluding carboxylic acids is 2. The van der Waals surface area contributed by atoms with Gasteiger partial charge in [-0.15, -0.1) is 0 Å². The van der Waals surface area contributed by atoms with Crippen LogP contribution < -0.4 is 20.7 Å². The van der Waals surface area contributed by atoms with Gasteiger partial charge in [0.15, 0.2) is 0 Å². The summed E-state index contributed by atoms with van der Waals surface area (Å²) in [6.07, 6.45) is 0.895. The van der Waals surface area contributed by atoms with Gasteiger partial charge in [-0.05, 0) is 90.9 Å². The van der Waals surface area contributed by atoms with Crippen LogP contribution in [-0.2, 0) is 37.2 Å². The maximum atomic E-state index is 12.7. The molecule has 4 aromatic carbocycles. The number of hydrogen-bond donors (Lipinski definition) is 6. The van der Waals surface area contributed by atoms with E-state index < -0.39 is 6.10 Å². The minimum atomic E-state index is -0.785. The van der Waals surface area contributed by atoms with Gasteiger partial charge in [-0.1, -0.05) is 54.6 Å². The van der Waals surface area contributed by atoms with Crippen LogP contribution in [-0.4, -0.2) is 52.9 Å². The Bertz CT molecular complexity index is 1590. The van der Waals surface area contributed by atoms with Gasteiger partial charge in [0.25, 0.3) is 5.91 Å². The monoisotopic (exact) mass is 639 g/mol. The second kappa shape index (κ2) is 17.9. The fourth-order valence-corrected chi connectivity index (χ4v) is 5.23. The van der Waals surface area contributed by atoms with Crippen molar-refractivity contribution in [3.05, 3.63) is 130 Å². The summed E-state index contributed by atoms with van der Waals surface area (Å²) in [6.45, 7) is 5.51. The molecule has 0 spiro atoms. The van der Waals surface area contributed by atoms with Gasteiger partial charge in [-0.2, -0.15) is 0 Å². The molecule has 2 atom stereocenters. The molecule has 4 rings (SSSR count). The fraction of sp³-hybridized carbons (Fsp3) is 0.316. The summed E-state index contributed by atoms with van der Waals surface area (Å²) in [4.78, 5) is 25.3. The number of hydrogen-bond acceptors (Lipinski definition) is 7. The molecule has 0 aliphatic rings. The molecule has 2 amide bonds. The lowest BCUT2D eigenvalue weighted by atomic mass is 10.0. The Morgan fingerprint density at radius 1 is 0.851 bits per heavy atom. The first-order chi connectivity index (χ1) is 22.7. The lowest BCUT2D eigenvalue weighted by Gasteiger charge is -2.18. The molecular weight excluding hydrogens is 594 g/mol. The van der Waals surface area contributed by atoms with E-state index in [-0.39, 0.29) is 36.6 Å². The van der Waals surface area contributed by atoms with Crippen molar-refractivity contribution >= 4 is 11.8 Å². The third-order valence-corrected chi connectivity index (χ3v) is 7.86. The number of aliphatic hydroxyl groups excluding tert-OH is 2. The molecule has 0 fully saturated rings. The Hall–Kier alpha value is -4.70. The highest BCUT2D eigenvalue weighted by Gasteiger charge is 2.13. The van der Waals surface area contributed by atoms with Crippen molar-refractivity contribution in [1.29, 1.82) is 0 Å². The Morgan fingerprint density at radius 3 is 2.30 bits per heavy atom. The van der Waals surface area contributed by atoms with Gasteiger partial charge in [-0.25, -0.2) is 0 Å². The van der Waals surface area contributed by atoms with Gasteiger partial charge in [0.05, 0.1) is 25.7 Å². The summed E-state index contributed by atoms with van der Waals surface area (Å²) >= 11 is 0. The normalized spacial score (nSPS) is 12.3. The number of ether oxygens (including phenoxy) is 1. The van der Waals surface area contributed by atoms with E-state index in [1.54, 1.807) is 24.3 Å². The number of carbonyl (C=O) groups is 2. The number of benzene rings is 4. The first kappa shape index (κ1) is 35.2. The van der Waals surface area contributed by atoms with Crippen LogP contribution in [0.15, 0.2) is 91.0 Å². The van der Waals surface area contributed by atoms with E-state index in [1.807, 2.05) is 74.5 Å². The predicted molar refractivity (Wildman–Crippen MR) is 182 cm³/mol. The maximum Gasteiger partial charge on any atom is 0.251 e. The van der Waals surface area contributed by atoms with Gasteiger partial charge >= 0.3 is 0 Å². The zero-order valence-corrected chi connectivity index (χ0v) is 27.0. The van der Waals surface area contributed by atoms with Crippen molar-refractivity contribution in [3.63, 3.8) is 0 Å². The second-order valence-corrected chi connectivity index (χ2v) is 11.6. The van der Waals surface area contributed by atoms with Crippen LogP contribution in [0.25, 0.3) is 0 Å². The van der Waals surface area contributed by atoms with Gasteiger partial charge in [-0.3, -0.25) is 9.59 Å². The van der Waals surface area contributed by atoms with Crippen LogP contribution >= 0.6 is 0 Å². The maximum absolute atomic E-state index is 12.7. The first-order valence-corrected chi connectivity index (χ1v) is 16.0. The third kappa shape index (κ3) is 11.2. The molecule has 47 heavy (non-hydrogen) atoms. The number of nitrogens with one attached hydrogen (secondary N) is 3. The lowest BCUT2D eigenvalue weighted by Crippen LogP contribution is -2.32. The van der Waals surface area contributed by atoms with E-state index in [0.717, 1.165) is 34.4 Å². The lowest BCUT2D eigenvalue weighted by molar-refractivity contribution is -0.120. The molecule has 6 N–H and O–H groups in total. The minimum Gasteiger partial charge on any atom is -0.508 e. The molecule has 9 nitrogen and oxygen atoms in total. The number of rotatable bonds is 17. The molecule has 9 heteroatoms. The average molecular weight is 640 g/mol. The highest BCUT2D eigenvalue weighted by molar-refractivity contribution is 5.94.